The first-order chi connectivity index (χ1) is 8.69. The molecule has 0 bridgehead atoms. The zero-order valence-corrected chi connectivity index (χ0v) is 11.1. The average Bonchev–Trinajstić information content (AvgIpc) is 2.37. The van der Waals surface area contributed by atoms with Crippen LogP contribution in [-0.4, -0.2) is 17.7 Å². The van der Waals surface area contributed by atoms with Crippen molar-refractivity contribution >= 4 is 11.7 Å². The summed E-state index contributed by atoms with van der Waals surface area (Å²) < 4.78 is 0. The van der Waals surface area contributed by atoms with Crippen LogP contribution in [0.2, 0.25) is 0 Å². The van der Waals surface area contributed by atoms with Crippen LogP contribution >= 0.6 is 0 Å². The van der Waals surface area contributed by atoms with E-state index in [-0.39, 0.29) is 11.8 Å². The molecule has 100 valence electrons. The van der Waals surface area contributed by atoms with Crippen molar-refractivity contribution < 1.29 is 9.90 Å². The molecular weight excluding hydrogens is 228 g/mol. The summed E-state index contributed by atoms with van der Waals surface area (Å²) in [6, 6.07) is 4.99. The fraction of sp³-hybridized carbons (Fsp3) is 0.500. The third-order valence-electron chi connectivity index (χ3n) is 2.81. The van der Waals surface area contributed by atoms with E-state index in [0.29, 0.717) is 12.2 Å². The molecule has 4 heteroatoms. The van der Waals surface area contributed by atoms with Crippen molar-refractivity contribution in [3.05, 3.63) is 23.8 Å². The lowest BCUT2D eigenvalue weighted by atomic mass is 10.1. The van der Waals surface area contributed by atoms with Crippen molar-refractivity contribution in [3.8, 4) is 5.75 Å². The van der Waals surface area contributed by atoms with E-state index in [0.717, 1.165) is 31.2 Å². The van der Waals surface area contributed by atoms with Gasteiger partial charge in [-0.05, 0) is 24.5 Å². The quantitative estimate of drug-likeness (QED) is 0.536. The van der Waals surface area contributed by atoms with Gasteiger partial charge in [-0.2, -0.15) is 0 Å². The van der Waals surface area contributed by atoms with Crippen LogP contribution in [0.5, 0.6) is 5.75 Å². The molecule has 0 unspecified atom stereocenters. The fourth-order valence-electron chi connectivity index (χ4n) is 1.76. The van der Waals surface area contributed by atoms with E-state index in [1.807, 2.05) is 13.0 Å². The van der Waals surface area contributed by atoms with Crippen molar-refractivity contribution in [1.82, 2.24) is 5.32 Å². The summed E-state index contributed by atoms with van der Waals surface area (Å²) in [6.07, 6.45) is 3.98. The molecule has 1 rings (SSSR count). The van der Waals surface area contributed by atoms with Crippen molar-refractivity contribution in [2.75, 3.05) is 11.9 Å². The monoisotopic (exact) mass is 250 g/mol. The number of aromatic hydroxyl groups is 1. The highest BCUT2D eigenvalue weighted by molar-refractivity contribution is 5.91. The zero-order valence-electron chi connectivity index (χ0n) is 11.1. The second-order valence-corrected chi connectivity index (χ2v) is 4.25. The van der Waals surface area contributed by atoms with Crippen LogP contribution in [0.1, 0.15) is 38.7 Å². The number of amides is 2. The Morgan fingerprint density at radius 1 is 1.28 bits per heavy atom. The molecule has 0 aliphatic heterocycles. The number of para-hydroxylation sites is 1. The van der Waals surface area contributed by atoms with Gasteiger partial charge in [0, 0.05) is 6.54 Å². The highest BCUT2D eigenvalue weighted by Gasteiger charge is 2.09. The Balaban J connectivity index is 2.53. The average molecular weight is 250 g/mol. The van der Waals surface area contributed by atoms with Crippen molar-refractivity contribution in [2.45, 2.75) is 39.5 Å². The number of aryl methyl sites for hydroxylation is 1. The van der Waals surface area contributed by atoms with Gasteiger partial charge in [-0.3, -0.25) is 0 Å². The van der Waals surface area contributed by atoms with Gasteiger partial charge in [-0.1, -0.05) is 38.8 Å². The second-order valence-electron chi connectivity index (χ2n) is 4.25. The third-order valence-corrected chi connectivity index (χ3v) is 2.81. The number of nitrogens with one attached hydrogen (secondary N) is 2. The first kappa shape index (κ1) is 14.4. The lowest BCUT2D eigenvalue weighted by molar-refractivity contribution is 0.251. The molecule has 0 fully saturated rings. The largest absolute Gasteiger partial charge is 0.506 e. The summed E-state index contributed by atoms with van der Waals surface area (Å²) in [5.41, 5.74) is 1.44. The van der Waals surface area contributed by atoms with Crippen molar-refractivity contribution in [1.29, 1.82) is 0 Å². The Kier molecular flexibility index (Phi) is 6.05. The topological polar surface area (TPSA) is 61.4 Å². The Labute approximate surface area is 108 Å². The number of carbonyl (C=O) groups excluding carboxylic acids is 1. The summed E-state index contributed by atoms with van der Waals surface area (Å²) in [5, 5.41) is 15.2. The Hall–Kier alpha value is -1.71. The van der Waals surface area contributed by atoms with Crippen molar-refractivity contribution in [3.63, 3.8) is 0 Å². The second kappa shape index (κ2) is 7.58. The number of carbonyl (C=O) groups is 1. The maximum Gasteiger partial charge on any atom is 0.319 e. The summed E-state index contributed by atoms with van der Waals surface area (Å²) in [5.74, 6) is 0.109. The third kappa shape index (κ3) is 4.28. The number of hydrogen-bond acceptors (Lipinski definition) is 2. The van der Waals surface area contributed by atoms with Gasteiger partial charge in [0.25, 0.3) is 0 Å². The van der Waals surface area contributed by atoms with Crippen LogP contribution in [0.4, 0.5) is 10.5 Å². The summed E-state index contributed by atoms with van der Waals surface area (Å²) in [4.78, 5) is 11.7. The highest BCUT2D eigenvalue weighted by Crippen LogP contribution is 2.27. The van der Waals surface area contributed by atoms with Gasteiger partial charge < -0.3 is 15.7 Å². The molecule has 0 saturated carbocycles. The van der Waals surface area contributed by atoms with Crippen LogP contribution in [0.3, 0.4) is 0 Å². The number of benzene rings is 1. The lowest BCUT2D eigenvalue weighted by Crippen LogP contribution is -2.29. The summed E-state index contributed by atoms with van der Waals surface area (Å²) in [7, 11) is 0. The maximum atomic E-state index is 11.7. The van der Waals surface area contributed by atoms with Crippen molar-refractivity contribution in [2.24, 2.45) is 0 Å². The summed E-state index contributed by atoms with van der Waals surface area (Å²) >= 11 is 0. The van der Waals surface area contributed by atoms with Gasteiger partial charge in [0.15, 0.2) is 0 Å². The molecule has 1 aromatic rings. The minimum absolute atomic E-state index is 0.109. The lowest BCUT2D eigenvalue weighted by Gasteiger charge is -2.12. The SMILES string of the molecule is CCCCCNC(=O)Nc1c(O)cccc1CC. The van der Waals surface area contributed by atoms with Gasteiger partial charge in [0.05, 0.1) is 5.69 Å². The molecular formula is C14H22N2O2. The summed E-state index contributed by atoms with van der Waals surface area (Å²) in [6.45, 7) is 4.77. The molecule has 18 heavy (non-hydrogen) atoms. The smallest absolute Gasteiger partial charge is 0.319 e. The number of urea groups is 1. The van der Waals surface area contributed by atoms with Gasteiger partial charge in [0.1, 0.15) is 5.75 Å². The first-order valence-electron chi connectivity index (χ1n) is 6.54. The van der Waals surface area contributed by atoms with Gasteiger partial charge in [-0.25, -0.2) is 4.79 Å². The normalized spacial score (nSPS) is 10.1. The number of hydrogen-bond donors (Lipinski definition) is 3. The maximum absolute atomic E-state index is 11.7. The van der Waals surface area contributed by atoms with E-state index >= 15 is 0 Å². The van der Waals surface area contributed by atoms with E-state index in [1.165, 1.54) is 0 Å². The molecule has 0 aliphatic rings. The Morgan fingerprint density at radius 2 is 2.06 bits per heavy atom. The van der Waals surface area contributed by atoms with Gasteiger partial charge in [0.2, 0.25) is 0 Å². The van der Waals surface area contributed by atoms with Crippen LogP contribution in [0.25, 0.3) is 0 Å². The predicted molar refractivity (Wildman–Crippen MR) is 74.0 cm³/mol. The minimum atomic E-state index is -0.262. The molecule has 4 nitrogen and oxygen atoms in total. The molecule has 0 aromatic heterocycles. The minimum Gasteiger partial charge on any atom is -0.506 e. The number of rotatable bonds is 6. The van der Waals surface area contributed by atoms with E-state index in [9.17, 15) is 9.90 Å². The van der Waals surface area contributed by atoms with E-state index in [2.05, 4.69) is 17.6 Å². The van der Waals surface area contributed by atoms with E-state index in [1.54, 1.807) is 12.1 Å². The van der Waals surface area contributed by atoms with Crippen LogP contribution in [0, 0.1) is 0 Å². The van der Waals surface area contributed by atoms with Crippen LogP contribution in [-0.2, 0) is 6.42 Å². The van der Waals surface area contributed by atoms with E-state index in [4.69, 9.17) is 0 Å². The number of unbranched alkanes of at least 4 members (excludes halogenated alkanes) is 2. The molecule has 0 aliphatic carbocycles. The van der Waals surface area contributed by atoms with Gasteiger partial charge >= 0.3 is 6.03 Å². The van der Waals surface area contributed by atoms with Crippen LogP contribution < -0.4 is 10.6 Å². The molecule has 0 heterocycles. The Bertz CT molecular complexity index is 391. The highest BCUT2D eigenvalue weighted by atomic mass is 16.3. The molecule has 2 amide bonds. The fourth-order valence-corrected chi connectivity index (χ4v) is 1.76. The molecule has 0 saturated heterocycles. The molecule has 1 aromatic carbocycles. The number of anilines is 1. The molecule has 0 spiro atoms. The molecule has 0 radical (unpaired) electrons. The Morgan fingerprint density at radius 3 is 2.72 bits per heavy atom. The zero-order chi connectivity index (χ0) is 13.4. The number of phenolic OH excluding ortho intramolecular Hbond substituents is 1. The standard InChI is InChI=1S/C14H22N2O2/c1-3-5-6-10-15-14(18)16-13-11(4-2)8-7-9-12(13)17/h7-9,17H,3-6,10H2,1-2H3,(H2,15,16,18). The van der Waals surface area contributed by atoms with Crippen LogP contribution in [0.15, 0.2) is 18.2 Å². The van der Waals surface area contributed by atoms with E-state index < -0.39 is 0 Å². The predicted octanol–water partition coefficient (Wildman–Crippen LogP) is 3.27. The number of phenols is 1. The van der Waals surface area contributed by atoms with Gasteiger partial charge in [-0.15, -0.1) is 0 Å². The molecule has 3 N–H and O–H groups in total. The first-order valence-corrected chi connectivity index (χ1v) is 6.54. The molecule has 0 atom stereocenters.